The molecule has 2 aromatic rings. The Kier molecular flexibility index (Phi) is 5.16. The van der Waals surface area contributed by atoms with Crippen LogP contribution in [0.3, 0.4) is 0 Å². The molecule has 9 heteroatoms. The summed E-state index contributed by atoms with van der Waals surface area (Å²) in [5, 5.41) is 24.2. The molecule has 0 spiro atoms. The molecule has 0 amide bonds. The standard InChI is InChI=1S/C19H16Cl2N2O4S/c20-9-5-6-12-10(7-9)16-11(18(22-12)19(24)25)8-15(17(16)21)28-14-4-2-1-3-13(14)23(26)27/h1-7,11,15-18,22H,8H2,(H,24,25)/t11-,15-,16+,17-,18-/m1/s1. The normalized spacial score (nSPS) is 28.1. The zero-order valence-electron chi connectivity index (χ0n) is 14.4. The fourth-order valence-corrected chi connectivity index (χ4v) is 6.33. The monoisotopic (exact) mass is 438 g/mol. The molecular formula is C19H16Cl2N2O4S. The third-order valence-corrected chi connectivity index (χ3v) is 7.73. The highest BCUT2D eigenvalue weighted by Gasteiger charge is 2.52. The first-order chi connectivity index (χ1) is 13.4. The van der Waals surface area contributed by atoms with Gasteiger partial charge in [-0.1, -0.05) is 23.7 Å². The summed E-state index contributed by atoms with van der Waals surface area (Å²) in [6, 6.07) is 11.1. The second kappa shape index (κ2) is 7.46. The van der Waals surface area contributed by atoms with Gasteiger partial charge in [0.15, 0.2) is 0 Å². The minimum Gasteiger partial charge on any atom is -0.480 e. The molecule has 4 rings (SSSR count). The predicted octanol–water partition coefficient (Wildman–Crippen LogP) is 5.00. The Morgan fingerprint density at radius 2 is 2.04 bits per heavy atom. The molecule has 6 nitrogen and oxygen atoms in total. The van der Waals surface area contributed by atoms with Crippen molar-refractivity contribution in [1.29, 1.82) is 0 Å². The maximum atomic E-state index is 11.9. The van der Waals surface area contributed by atoms with Crippen molar-refractivity contribution in [3.8, 4) is 0 Å². The summed E-state index contributed by atoms with van der Waals surface area (Å²) in [7, 11) is 0. The zero-order chi connectivity index (χ0) is 20.0. The molecule has 1 aliphatic heterocycles. The third-order valence-electron chi connectivity index (χ3n) is 5.38. The van der Waals surface area contributed by atoms with Crippen LogP contribution in [0.25, 0.3) is 0 Å². The first kappa shape index (κ1) is 19.4. The quantitative estimate of drug-likeness (QED) is 0.396. The van der Waals surface area contributed by atoms with Gasteiger partial charge in [-0.15, -0.1) is 23.4 Å². The number of halogens is 2. The second-order valence-electron chi connectivity index (χ2n) is 6.94. The van der Waals surface area contributed by atoms with E-state index < -0.39 is 16.9 Å². The molecule has 2 aromatic carbocycles. The number of nitrogens with one attached hydrogen (secondary N) is 1. The van der Waals surface area contributed by atoms with Gasteiger partial charge in [-0.2, -0.15) is 0 Å². The van der Waals surface area contributed by atoms with E-state index in [0.717, 1.165) is 11.3 Å². The summed E-state index contributed by atoms with van der Waals surface area (Å²) in [6.45, 7) is 0. The molecule has 5 atom stereocenters. The molecule has 0 bridgehead atoms. The van der Waals surface area contributed by atoms with E-state index in [1.165, 1.54) is 17.8 Å². The summed E-state index contributed by atoms with van der Waals surface area (Å²) in [5.41, 5.74) is 1.66. The minimum absolute atomic E-state index is 0.0302. The summed E-state index contributed by atoms with van der Waals surface area (Å²) >= 11 is 14.3. The molecule has 1 saturated carbocycles. The number of aliphatic carboxylic acids is 1. The SMILES string of the molecule is O=C(O)[C@@H]1Nc2ccc(Cl)cc2[C@@H]2[C@H](Cl)[C@H](Sc3ccccc3[N+](=O)[O-])C[C@H]21. The van der Waals surface area contributed by atoms with Crippen LogP contribution in [0.5, 0.6) is 0 Å². The van der Waals surface area contributed by atoms with E-state index in [-0.39, 0.29) is 28.2 Å². The van der Waals surface area contributed by atoms with Gasteiger partial charge in [-0.25, -0.2) is 4.79 Å². The van der Waals surface area contributed by atoms with Crippen molar-refractivity contribution < 1.29 is 14.8 Å². The largest absolute Gasteiger partial charge is 0.480 e. The minimum atomic E-state index is -0.934. The average molecular weight is 439 g/mol. The van der Waals surface area contributed by atoms with Crippen LogP contribution in [0.1, 0.15) is 17.9 Å². The molecule has 0 aromatic heterocycles. The number of hydrogen-bond acceptors (Lipinski definition) is 5. The van der Waals surface area contributed by atoms with Crippen LogP contribution in [-0.4, -0.2) is 32.7 Å². The van der Waals surface area contributed by atoms with Gasteiger partial charge in [0.25, 0.3) is 5.69 Å². The van der Waals surface area contributed by atoms with Crippen LogP contribution in [-0.2, 0) is 4.79 Å². The Hall–Kier alpha value is -1.96. The first-order valence-corrected chi connectivity index (χ1v) is 10.4. The Morgan fingerprint density at radius 3 is 2.75 bits per heavy atom. The van der Waals surface area contributed by atoms with Crippen LogP contribution in [0.2, 0.25) is 5.02 Å². The number of hydrogen-bond donors (Lipinski definition) is 2. The number of alkyl halides is 1. The number of fused-ring (bicyclic) bond motifs is 3. The number of anilines is 1. The van der Waals surface area contributed by atoms with E-state index in [2.05, 4.69) is 5.32 Å². The van der Waals surface area contributed by atoms with Gasteiger partial charge in [0.05, 0.1) is 15.2 Å². The molecule has 1 heterocycles. The number of nitrogens with zero attached hydrogens (tertiary/aromatic N) is 1. The molecule has 0 unspecified atom stereocenters. The number of thioether (sulfide) groups is 1. The fourth-order valence-electron chi connectivity index (χ4n) is 4.20. The van der Waals surface area contributed by atoms with Crippen molar-refractivity contribution >= 4 is 52.3 Å². The number of benzene rings is 2. The lowest BCUT2D eigenvalue weighted by Gasteiger charge is -2.35. The maximum Gasteiger partial charge on any atom is 0.326 e. The molecule has 1 aliphatic carbocycles. The molecule has 0 radical (unpaired) electrons. The first-order valence-electron chi connectivity index (χ1n) is 8.69. The molecule has 28 heavy (non-hydrogen) atoms. The number of nitro benzene ring substituents is 1. The lowest BCUT2D eigenvalue weighted by Crippen LogP contribution is -2.42. The van der Waals surface area contributed by atoms with Gasteiger partial charge >= 0.3 is 5.97 Å². The smallest absolute Gasteiger partial charge is 0.326 e. The Labute approximate surface area is 175 Å². The average Bonchev–Trinajstić information content (AvgIpc) is 2.98. The maximum absolute atomic E-state index is 11.9. The van der Waals surface area contributed by atoms with Gasteiger partial charge < -0.3 is 10.4 Å². The number of rotatable bonds is 4. The molecule has 2 N–H and O–H groups in total. The van der Waals surface area contributed by atoms with Crippen molar-refractivity contribution in [2.45, 2.75) is 33.9 Å². The predicted molar refractivity (Wildman–Crippen MR) is 110 cm³/mol. The van der Waals surface area contributed by atoms with E-state index in [0.29, 0.717) is 16.3 Å². The number of carbonyl (C=O) groups is 1. The highest BCUT2D eigenvalue weighted by molar-refractivity contribution is 8.00. The van der Waals surface area contributed by atoms with E-state index >= 15 is 0 Å². The number of carboxylic acids is 1. The summed E-state index contributed by atoms with van der Waals surface area (Å²) < 4.78 is 0. The van der Waals surface area contributed by atoms with Crippen LogP contribution >= 0.6 is 35.0 Å². The zero-order valence-corrected chi connectivity index (χ0v) is 16.7. The molecule has 0 saturated heterocycles. The highest BCUT2D eigenvalue weighted by Crippen LogP contribution is 2.55. The molecular weight excluding hydrogens is 423 g/mol. The van der Waals surface area contributed by atoms with Crippen molar-refractivity contribution in [3.05, 3.63) is 63.2 Å². The lowest BCUT2D eigenvalue weighted by atomic mass is 9.79. The number of nitro groups is 1. The molecule has 1 fully saturated rings. The second-order valence-corrected chi connectivity index (χ2v) is 9.16. The summed E-state index contributed by atoms with van der Waals surface area (Å²) in [6.07, 6.45) is 0.533. The van der Waals surface area contributed by atoms with Crippen molar-refractivity contribution in [2.24, 2.45) is 5.92 Å². The summed E-state index contributed by atoms with van der Waals surface area (Å²) in [4.78, 5) is 23.3. The van der Waals surface area contributed by atoms with Crippen LogP contribution < -0.4 is 5.32 Å². The van der Waals surface area contributed by atoms with E-state index in [4.69, 9.17) is 23.2 Å². The van der Waals surface area contributed by atoms with Gasteiger partial charge in [0.1, 0.15) is 6.04 Å². The topological polar surface area (TPSA) is 92.5 Å². The van der Waals surface area contributed by atoms with Gasteiger partial charge in [0, 0.05) is 27.9 Å². The number of para-hydroxylation sites is 1. The summed E-state index contributed by atoms with van der Waals surface area (Å²) in [5.74, 6) is -1.36. The van der Waals surface area contributed by atoms with Gasteiger partial charge in [-0.05, 0) is 42.2 Å². The van der Waals surface area contributed by atoms with Crippen LogP contribution in [0.15, 0.2) is 47.4 Å². The van der Waals surface area contributed by atoms with Gasteiger partial charge in [0.2, 0.25) is 0 Å². The Morgan fingerprint density at radius 1 is 1.29 bits per heavy atom. The van der Waals surface area contributed by atoms with Crippen molar-refractivity contribution in [1.82, 2.24) is 0 Å². The fraction of sp³-hybridized carbons (Fsp3) is 0.316. The van der Waals surface area contributed by atoms with E-state index in [1.807, 2.05) is 6.07 Å². The highest BCUT2D eigenvalue weighted by atomic mass is 35.5. The van der Waals surface area contributed by atoms with Crippen LogP contribution in [0, 0.1) is 16.0 Å². The Balaban J connectivity index is 1.70. The molecule has 146 valence electrons. The van der Waals surface area contributed by atoms with Crippen LogP contribution in [0.4, 0.5) is 11.4 Å². The number of carboxylic acid groups (broad SMARTS) is 1. The van der Waals surface area contributed by atoms with E-state index in [9.17, 15) is 20.0 Å². The third kappa shape index (κ3) is 3.32. The molecule has 2 aliphatic rings. The van der Waals surface area contributed by atoms with Crippen molar-refractivity contribution in [2.75, 3.05) is 5.32 Å². The van der Waals surface area contributed by atoms with Gasteiger partial charge in [-0.3, -0.25) is 10.1 Å². The lowest BCUT2D eigenvalue weighted by molar-refractivity contribution is -0.387. The van der Waals surface area contributed by atoms with E-state index in [1.54, 1.807) is 30.3 Å². The van der Waals surface area contributed by atoms with Crippen molar-refractivity contribution in [3.63, 3.8) is 0 Å². The Bertz CT molecular complexity index is 957.